The van der Waals surface area contributed by atoms with Gasteiger partial charge in [0.15, 0.2) is 0 Å². The number of sulfonamides is 1. The largest absolute Gasteiger partial charge is 0.497 e. The Morgan fingerprint density at radius 3 is 2.39 bits per heavy atom. The van der Waals surface area contributed by atoms with Crippen molar-refractivity contribution in [1.29, 1.82) is 5.26 Å². The minimum atomic E-state index is -3.80. The van der Waals surface area contributed by atoms with Crippen LogP contribution in [0, 0.1) is 11.3 Å². The van der Waals surface area contributed by atoms with Crippen LogP contribution in [0.1, 0.15) is 11.1 Å². The van der Waals surface area contributed by atoms with Gasteiger partial charge >= 0.3 is 0 Å². The summed E-state index contributed by atoms with van der Waals surface area (Å²) in [5.74, 6) is 0.568. The third kappa shape index (κ3) is 4.37. The first kappa shape index (κ1) is 19.1. The molecule has 0 aliphatic rings. The fourth-order valence-electron chi connectivity index (χ4n) is 2.54. The van der Waals surface area contributed by atoms with Crippen molar-refractivity contribution < 1.29 is 13.2 Å². The van der Waals surface area contributed by atoms with Crippen molar-refractivity contribution in [2.75, 3.05) is 11.8 Å². The van der Waals surface area contributed by atoms with Gasteiger partial charge in [-0.2, -0.15) is 5.26 Å². The van der Waals surface area contributed by atoms with Gasteiger partial charge in [-0.15, -0.1) is 0 Å². The second-order valence-electron chi connectivity index (χ2n) is 5.77. The highest BCUT2D eigenvalue weighted by atomic mass is 32.2. The summed E-state index contributed by atoms with van der Waals surface area (Å²) in [4.78, 5) is 4.06. The Labute approximate surface area is 163 Å². The number of para-hydroxylation sites is 1. The van der Waals surface area contributed by atoms with Gasteiger partial charge in [-0.25, -0.2) is 8.42 Å². The highest BCUT2D eigenvalue weighted by Gasteiger charge is 2.16. The van der Waals surface area contributed by atoms with Crippen LogP contribution in [0.4, 0.5) is 5.69 Å². The normalized spacial score (nSPS) is 11.5. The molecule has 0 unspecified atom stereocenters. The molecule has 0 spiro atoms. The second-order valence-corrected chi connectivity index (χ2v) is 7.46. The lowest BCUT2D eigenvalue weighted by molar-refractivity contribution is 0.414. The molecule has 7 heteroatoms. The number of nitriles is 1. The minimum Gasteiger partial charge on any atom is -0.497 e. The fourth-order valence-corrected chi connectivity index (χ4v) is 3.63. The van der Waals surface area contributed by atoms with E-state index < -0.39 is 10.0 Å². The Balaban J connectivity index is 1.96. The quantitative estimate of drug-likeness (QED) is 0.642. The first-order chi connectivity index (χ1) is 13.5. The SMILES string of the molecule is COc1ccc(S(=O)(=O)Nc2ccccc2/C=C(\C#N)c2ccncc2)cc1. The first-order valence-electron chi connectivity index (χ1n) is 8.31. The van der Waals surface area contributed by atoms with E-state index in [1.165, 1.54) is 19.2 Å². The van der Waals surface area contributed by atoms with Gasteiger partial charge in [0, 0.05) is 12.4 Å². The van der Waals surface area contributed by atoms with Crippen LogP contribution in [-0.2, 0) is 10.0 Å². The Morgan fingerprint density at radius 1 is 1.07 bits per heavy atom. The highest BCUT2D eigenvalue weighted by Crippen LogP contribution is 2.25. The highest BCUT2D eigenvalue weighted by molar-refractivity contribution is 7.92. The van der Waals surface area contributed by atoms with E-state index in [1.54, 1.807) is 67.0 Å². The van der Waals surface area contributed by atoms with Gasteiger partial charge in [0.25, 0.3) is 10.0 Å². The molecule has 0 saturated heterocycles. The third-order valence-corrected chi connectivity index (χ3v) is 5.37. The summed E-state index contributed by atoms with van der Waals surface area (Å²) >= 11 is 0. The summed E-state index contributed by atoms with van der Waals surface area (Å²) in [6.45, 7) is 0. The maximum Gasteiger partial charge on any atom is 0.261 e. The predicted octanol–water partition coefficient (Wildman–Crippen LogP) is 3.96. The Bertz CT molecular complexity index is 1130. The van der Waals surface area contributed by atoms with Crippen LogP contribution in [0.2, 0.25) is 0 Å². The number of hydrogen-bond donors (Lipinski definition) is 1. The molecule has 0 aliphatic heterocycles. The molecule has 0 aliphatic carbocycles. The standard InChI is InChI=1S/C21H17N3O3S/c1-27-19-6-8-20(9-7-19)28(25,26)24-21-5-3-2-4-17(21)14-18(15-22)16-10-12-23-13-11-16/h2-14,24H,1H3/b18-14+. The summed E-state index contributed by atoms with van der Waals surface area (Å²) in [6, 6.07) is 18.6. The molecule has 0 saturated carbocycles. The summed E-state index contributed by atoms with van der Waals surface area (Å²) in [7, 11) is -2.28. The predicted molar refractivity (Wildman–Crippen MR) is 108 cm³/mol. The van der Waals surface area contributed by atoms with E-state index in [1.807, 2.05) is 0 Å². The molecule has 140 valence electrons. The van der Waals surface area contributed by atoms with Crippen LogP contribution in [-0.4, -0.2) is 20.5 Å². The Morgan fingerprint density at radius 2 is 1.75 bits per heavy atom. The number of nitrogens with one attached hydrogen (secondary N) is 1. The van der Waals surface area contributed by atoms with Gasteiger partial charge in [0.1, 0.15) is 5.75 Å². The second kappa shape index (κ2) is 8.37. The van der Waals surface area contributed by atoms with Gasteiger partial charge in [0.05, 0.1) is 29.3 Å². The number of pyridine rings is 1. The monoisotopic (exact) mass is 391 g/mol. The average molecular weight is 391 g/mol. The number of ether oxygens (including phenoxy) is 1. The van der Waals surface area contributed by atoms with Crippen LogP contribution in [0.25, 0.3) is 11.6 Å². The number of benzene rings is 2. The molecule has 0 radical (unpaired) electrons. The molecule has 1 N–H and O–H groups in total. The van der Waals surface area contributed by atoms with Gasteiger partial charge in [0.2, 0.25) is 0 Å². The molecule has 0 bridgehead atoms. The molecule has 0 fully saturated rings. The minimum absolute atomic E-state index is 0.113. The van der Waals surface area contributed by atoms with E-state index in [0.717, 1.165) is 0 Å². The van der Waals surface area contributed by atoms with Gasteiger partial charge in [-0.05, 0) is 59.7 Å². The Kier molecular flexibility index (Phi) is 5.72. The maximum atomic E-state index is 12.7. The van der Waals surface area contributed by atoms with Crippen LogP contribution >= 0.6 is 0 Å². The first-order valence-corrected chi connectivity index (χ1v) is 9.80. The van der Waals surface area contributed by atoms with Gasteiger partial charge < -0.3 is 4.74 Å². The summed E-state index contributed by atoms with van der Waals surface area (Å²) < 4.78 is 33.1. The number of rotatable bonds is 6. The molecule has 6 nitrogen and oxygen atoms in total. The molecule has 3 rings (SSSR count). The zero-order chi connectivity index (χ0) is 20.0. The number of methoxy groups -OCH3 is 1. The fraction of sp³-hybridized carbons (Fsp3) is 0.0476. The van der Waals surface area contributed by atoms with Gasteiger partial charge in [-0.3, -0.25) is 9.71 Å². The van der Waals surface area contributed by atoms with Crippen molar-refractivity contribution in [3.63, 3.8) is 0 Å². The topological polar surface area (TPSA) is 92.1 Å². The van der Waals surface area contributed by atoms with Crippen molar-refractivity contribution in [3.8, 4) is 11.8 Å². The lowest BCUT2D eigenvalue weighted by atomic mass is 10.0. The lowest BCUT2D eigenvalue weighted by Crippen LogP contribution is -2.13. The van der Waals surface area contributed by atoms with Crippen molar-refractivity contribution in [2.45, 2.75) is 4.90 Å². The van der Waals surface area contributed by atoms with E-state index in [9.17, 15) is 13.7 Å². The molecule has 3 aromatic rings. The van der Waals surface area contributed by atoms with E-state index in [0.29, 0.717) is 28.1 Å². The molecule has 28 heavy (non-hydrogen) atoms. The number of aromatic nitrogens is 1. The molecule has 0 atom stereocenters. The van der Waals surface area contributed by atoms with Gasteiger partial charge in [-0.1, -0.05) is 18.2 Å². The molecular formula is C21H17N3O3S. The number of hydrogen-bond acceptors (Lipinski definition) is 5. The summed E-state index contributed by atoms with van der Waals surface area (Å²) in [5, 5.41) is 9.50. The van der Waals surface area contributed by atoms with E-state index in [2.05, 4.69) is 15.8 Å². The molecule has 0 amide bonds. The molecule has 2 aromatic carbocycles. The van der Waals surface area contributed by atoms with Crippen molar-refractivity contribution in [1.82, 2.24) is 4.98 Å². The third-order valence-electron chi connectivity index (χ3n) is 3.99. The lowest BCUT2D eigenvalue weighted by Gasteiger charge is -2.11. The van der Waals surface area contributed by atoms with Crippen molar-refractivity contribution in [3.05, 3.63) is 84.2 Å². The van der Waals surface area contributed by atoms with E-state index in [4.69, 9.17) is 4.74 Å². The van der Waals surface area contributed by atoms with Crippen LogP contribution in [0.15, 0.2) is 78.0 Å². The van der Waals surface area contributed by atoms with Crippen LogP contribution in [0.3, 0.4) is 0 Å². The average Bonchev–Trinajstić information content (AvgIpc) is 2.73. The number of anilines is 1. The summed E-state index contributed by atoms with van der Waals surface area (Å²) in [5.41, 5.74) is 2.05. The van der Waals surface area contributed by atoms with Crippen molar-refractivity contribution in [2.24, 2.45) is 0 Å². The molecule has 1 aromatic heterocycles. The van der Waals surface area contributed by atoms with E-state index in [-0.39, 0.29) is 4.90 Å². The van der Waals surface area contributed by atoms with E-state index >= 15 is 0 Å². The smallest absolute Gasteiger partial charge is 0.261 e. The number of nitrogens with zero attached hydrogens (tertiary/aromatic N) is 2. The zero-order valence-corrected chi connectivity index (χ0v) is 15.8. The number of allylic oxidation sites excluding steroid dienone is 1. The van der Waals surface area contributed by atoms with Crippen LogP contribution < -0.4 is 9.46 Å². The van der Waals surface area contributed by atoms with Crippen molar-refractivity contribution >= 4 is 27.4 Å². The zero-order valence-electron chi connectivity index (χ0n) is 15.0. The Hall–Kier alpha value is -3.63. The summed E-state index contributed by atoms with van der Waals surface area (Å²) in [6.07, 6.45) is 4.83. The van der Waals surface area contributed by atoms with Crippen LogP contribution in [0.5, 0.6) is 5.75 Å². The molecular weight excluding hydrogens is 374 g/mol. The molecule has 1 heterocycles. The maximum absolute atomic E-state index is 12.7.